The second kappa shape index (κ2) is 7.47. The van der Waals surface area contributed by atoms with Gasteiger partial charge >= 0.3 is 0 Å². The van der Waals surface area contributed by atoms with E-state index in [2.05, 4.69) is 10.2 Å². The van der Waals surface area contributed by atoms with E-state index in [1.165, 1.54) is 0 Å². The number of aryl methyl sites for hydroxylation is 1. The summed E-state index contributed by atoms with van der Waals surface area (Å²) in [6.45, 7) is 3.77. The summed E-state index contributed by atoms with van der Waals surface area (Å²) in [5, 5.41) is 2.93. The van der Waals surface area contributed by atoms with Gasteiger partial charge in [-0.05, 0) is 55.7 Å². The van der Waals surface area contributed by atoms with Gasteiger partial charge in [0.1, 0.15) is 5.75 Å². The first-order chi connectivity index (χ1) is 12.5. The van der Waals surface area contributed by atoms with Crippen LogP contribution in [0, 0.1) is 6.92 Å². The number of ether oxygens (including phenoxy) is 1. The number of methoxy groups -OCH3 is 1. The van der Waals surface area contributed by atoms with Crippen molar-refractivity contribution in [3.8, 4) is 5.75 Å². The maximum Gasteiger partial charge on any atom is 0.255 e. The van der Waals surface area contributed by atoms with E-state index in [9.17, 15) is 9.59 Å². The van der Waals surface area contributed by atoms with Crippen LogP contribution in [0.5, 0.6) is 5.75 Å². The third-order valence-electron chi connectivity index (χ3n) is 4.65. The molecule has 0 aliphatic carbocycles. The van der Waals surface area contributed by atoms with Gasteiger partial charge in [-0.25, -0.2) is 0 Å². The van der Waals surface area contributed by atoms with Crippen LogP contribution in [-0.4, -0.2) is 32.0 Å². The van der Waals surface area contributed by atoms with Crippen LogP contribution in [0.4, 0.5) is 11.4 Å². The largest absolute Gasteiger partial charge is 0.496 e. The highest BCUT2D eigenvalue weighted by atomic mass is 16.5. The number of benzene rings is 2. The van der Waals surface area contributed by atoms with Crippen molar-refractivity contribution in [2.75, 3.05) is 30.4 Å². The molecule has 1 fully saturated rings. The molecule has 2 aromatic rings. The Bertz CT molecular complexity index is 842. The van der Waals surface area contributed by atoms with E-state index in [1.54, 1.807) is 31.4 Å². The van der Waals surface area contributed by atoms with Gasteiger partial charge in [0.25, 0.3) is 5.91 Å². The quantitative estimate of drug-likeness (QED) is 0.865. The van der Waals surface area contributed by atoms with E-state index < -0.39 is 5.91 Å². The highest BCUT2D eigenvalue weighted by Crippen LogP contribution is 2.31. The fraction of sp³-hybridized carbons (Fsp3) is 0.300. The molecule has 0 saturated carbocycles. The Labute approximate surface area is 152 Å². The van der Waals surface area contributed by atoms with Gasteiger partial charge in [0.05, 0.1) is 18.5 Å². The van der Waals surface area contributed by atoms with Gasteiger partial charge in [0, 0.05) is 24.2 Å². The molecule has 0 aromatic heterocycles. The minimum absolute atomic E-state index is 0.259. The monoisotopic (exact) mass is 353 g/mol. The van der Waals surface area contributed by atoms with Crippen molar-refractivity contribution < 1.29 is 14.3 Å². The van der Waals surface area contributed by atoms with E-state index in [-0.39, 0.29) is 5.91 Å². The van der Waals surface area contributed by atoms with Gasteiger partial charge in [-0.3, -0.25) is 9.59 Å². The molecule has 0 spiro atoms. The van der Waals surface area contributed by atoms with E-state index >= 15 is 0 Å². The summed E-state index contributed by atoms with van der Waals surface area (Å²) in [5.41, 5.74) is 8.71. The number of rotatable bonds is 5. The standard InChI is InChI=1S/C20H23N3O3/c1-13-5-6-15(12-18(13)26-2)20(25)22-16-11-14(19(21)24)7-8-17(16)23-9-3-4-10-23/h5-8,11-12H,3-4,9-10H2,1-2H3,(H2,21,24)(H,22,25). The number of carbonyl (C=O) groups excluding carboxylic acids is 2. The molecule has 2 amide bonds. The molecule has 6 nitrogen and oxygen atoms in total. The molecule has 0 unspecified atom stereocenters. The van der Waals surface area contributed by atoms with Gasteiger partial charge < -0.3 is 20.7 Å². The SMILES string of the molecule is COc1cc(C(=O)Nc2cc(C(N)=O)ccc2N2CCCC2)ccc1C. The second-order valence-corrected chi connectivity index (χ2v) is 6.43. The summed E-state index contributed by atoms with van der Waals surface area (Å²) in [7, 11) is 1.58. The van der Waals surface area contributed by atoms with Crippen molar-refractivity contribution in [2.45, 2.75) is 19.8 Å². The van der Waals surface area contributed by atoms with Crippen molar-refractivity contribution in [3.05, 3.63) is 53.1 Å². The first kappa shape index (κ1) is 17.8. The zero-order valence-electron chi connectivity index (χ0n) is 15.0. The van der Waals surface area contributed by atoms with Crippen molar-refractivity contribution in [1.29, 1.82) is 0 Å². The second-order valence-electron chi connectivity index (χ2n) is 6.43. The lowest BCUT2D eigenvalue weighted by atomic mass is 10.1. The maximum absolute atomic E-state index is 12.7. The fourth-order valence-electron chi connectivity index (χ4n) is 3.18. The van der Waals surface area contributed by atoms with Crippen LogP contribution in [0.1, 0.15) is 39.1 Å². The zero-order chi connectivity index (χ0) is 18.7. The molecular formula is C20H23N3O3. The van der Waals surface area contributed by atoms with Crippen LogP contribution in [0.2, 0.25) is 0 Å². The van der Waals surface area contributed by atoms with Gasteiger partial charge in [0.15, 0.2) is 0 Å². The Balaban J connectivity index is 1.92. The number of nitrogens with zero attached hydrogens (tertiary/aromatic N) is 1. The number of anilines is 2. The lowest BCUT2D eigenvalue weighted by molar-refractivity contribution is 0.0996. The lowest BCUT2D eigenvalue weighted by Crippen LogP contribution is -2.22. The van der Waals surface area contributed by atoms with Crippen LogP contribution in [0.25, 0.3) is 0 Å². The Morgan fingerprint density at radius 1 is 1.08 bits per heavy atom. The van der Waals surface area contributed by atoms with Gasteiger partial charge in [-0.1, -0.05) is 6.07 Å². The minimum atomic E-state index is -0.523. The molecule has 1 heterocycles. The van der Waals surface area contributed by atoms with Crippen molar-refractivity contribution in [2.24, 2.45) is 5.73 Å². The smallest absolute Gasteiger partial charge is 0.255 e. The highest BCUT2D eigenvalue weighted by Gasteiger charge is 2.19. The molecule has 0 bridgehead atoms. The first-order valence-electron chi connectivity index (χ1n) is 8.64. The Hall–Kier alpha value is -3.02. The number of nitrogens with two attached hydrogens (primary N) is 1. The first-order valence-corrected chi connectivity index (χ1v) is 8.64. The van der Waals surface area contributed by atoms with E-state index in [4.69, 9.17) is 10.5 Å². The van der Waals surface area contributed by atoms with Crippen LogP contribution in [0.15, 0.2) is 36.4 Å². The summed E-state index contributed by atoms with van der Waals surface area (Å²) in [4.78, 5) is 26.5. The number of hydrogen-bond donors (Lipinski definition) is 2. The predicted octanol–water partition coefficient (Wildman–Crippen LogP) is 2.96. The molecule has 0 atom stereocenters. The molecular weight excluding hydrogens is 330 g/mol. The van der Waals surface area contributed by atoms with Crippen molar-refractivity contribution >= 4 is 23.2 Å². The summed E-state index contributed by atoms with van der Waals surface area (Å²) in [6.07, 6.45) is 2.22. The Morgan fingerprint density at radius 3 is 2.42 bits per heavy atom. The average molecular weight is 353 g/mol. The Kier molecular flexibility index (Phi) is 5.11. The number of primary amides is 1. The molecule has 2 aromatic carbocycles. The van der Waals surface area contributed by atoms with Crippen LogP contribution in [0.3, 0.4) is 0 Å². The molecule has 3 rings (SSSR count). The molecule has 1 aliphatic rings. The number of carbonyl (C=O) groups is 2. The molecule has 3 N–H and O–H groups in total. The lowest BCUT2D eigenvalue weighted by Gasteiger charge is -2.22. The highest BCUT2D eigenvalue weighted by molar-refractivity contribution is 6.07. The summed E-state index contributed by atoms with van der Waals surface area (Å²) in [5.74, 6) is -0.126. The van der Waals surface area contributed by atoms with Crippen molar-refractivity contribution in [3.63, 3.8) is 0 Å². The summed E-state index contributed by atoms with van der Waals surface area (Å²) >= 11 is 0. The van der Waals surface area contributed by atoms with Gasteiger partial charge in [-0.15, -0.1) is 0 Å². The third-order valence-corrected chi connectivity index (χ3v) is 4.65. The topological polar surface area (TPSA) is 84.7 Å². The molecule has 1 aliphatic heterocycles. The van der Waals surface area contributed by atoms with Crippen LogP contribution < -0.4 is 20.7 Å². The fourth-order valence-corrected chi connectivity index (χ4v) is 3.18. The van der Waals surface area contributed by atoms with Crippen molar-refractivity contribution in [1.82, 2.24) is 0 Å². The Morgan fingerprint density at radius 2 is 1.77 bits per heavy atom. The minimum Gasteiger partial charge on any atom is -0.496 e. The maximum atomic E-state index is 12.7. The predicted molar refractivity (Wildman–Crippen MR) is 102 cm³/mol. The molecule has 26 heavy (non-hydrogen) atoms. The zero-order valence-corrected chi connectivity index (χ0v) is 15.0. The third kappa shape index (κ3) is 3.64. The average Bonchev–Trinajstić information content (AvgIpc) is 3.16. The summed E-state index contributed by atoms with van der Waals surface area (Å²) < 4.78 is 5.29. The van der Waals surface area contributed by atoms with Gasteiger partial charge in [0.2, 0.25) is 5.91 Å². The van der Waals surface area contributed by atoms with Crippen LogP contribution >= 0.6 is 0 Å². The van der Waals surface area contributed by atoms with Crippen LogP contribution in [-0.2, 0) is 0 Å². The molecule has 136 valence electrons. The number of hydrogen-bond acceptors (Lipinski definition) is 4. The van der Waals surface area contributed by atoms with E-state index in [1.807, 2.05) is 19.1 Å². The number of amides is 2. The molecule has 1 saturated heterocycles. The normalized spacial score (nSPS) is 13.5. The summed E-state index contributed by atoms with van der Waals surface area (Å²) in [6, 6.07) is 10.5. The number of nitrogens with one attached hydrogen (secondary N) is 1. The van der Waals surface area contributed by atoms with E-state index in [0.29, 0.717) is 22.6 Å². The van der Waals surface area contributed by atoms with Gasteiger partial charge in [-0.2, -0.15) is 0 Å². The van der Waals surface area contributed by atoms with E-state index in [0.717, 1.165) is 37.2 Å². The molecule has 0 radical (unpaired) electrons. The molecule has 6 heteroatoms.